The molecule has 0 heterocycles. The van der Waals surface area contributed by atoms with E-state index in [0.717, 1.165) is 6.07 Å². The molecule has 1 aromatic rings. The third-order valence-electron chi connectivity index (χ3n) is 1.70. The molecule has 0 aromatic heterocycles. The number of nitrogens with two attached hydrogens (primary N) is 2. The number of alkyl halides is 3. The highest BCUT2D eigenvalue weighted by Crippen LogP contribution is 2.19. The summed E-state index contributed by atoms with van der Waals surface area (Å²) in [6, 6.07) is 3.73. The first-order valence-electron chi connectivity index (χ1n) is 4.83. The standard InChI is InChI=1S/C8H9FN2O2.C2HF3O2/c9-6-2-1-5(4-10)7(3-6)13-8(11)12;3-2(4,5)1(6)7/h1-3H,4,10H2,(H2,11,12);(H,6,7). The van der Waals surface area contributed by atoms with E-state index in [0.29, 0.717) is 5.56 Å². The molecule has 1 rings (SSSR count). The third-order valence-corrected chi connectivity index (χ3v) is 1.70. The normalized spacial score (nSPS) is 10.2. The first-order valence-corrected chi connectivity index (χ1v) is 4.83. The molecule has 0 unspecified atom stereocenters. The Bertz CT molecular complexity index is 491. The Morgan fingerprint density at radius 3 is 2.15 bits per heavy atom. The van der Waals surface area contributed by atoms with E-state index in [2.05, 4.69) is 4.74 Å². The minimum Gasteiger partial charge on any atom is -0.475 e. The van der Waals surface area contributed by atoms with E-state index in [-0.39, 0.29) is 12.3 Å². The number of aliphatic carboxylic acids is 1. The van der Waals surface area contributed by atoms with Gasteiger partial charge in [-0.25, -0.2) is 14.0 Å². The van der Waals surface area contributed by atoms with Crippen LogP contribution in [-0.4, -0.2) is 23.3 Å². The average molecular weight is 298 g/mol. The third kappa shape index (κ3) is 6.54. The number of primary amides is 1. The van der Waals surface area contributed by atoms with Gasteiger partial charge in [-0.2, -0.15) is 13.2 Å². The van der Waals surface area contributed by atoms with Crippen molar-refractivity contribution in [2.24, 2.45) is 11.5 Å². The minimum atomic E-state index is -5.08. The van der Waals surface area contributed by atoms with Gasteiger partial charge < -0.3 is 21.3 Å². The summed E-state index contributed by atoms with van der Waals surface area (Å²) in [5, 5.41) is 7.12. The number of hydrogen-bond donors (Lipinski definition) is 3. The van der Waals surface area contributed by atoms with Gasteiger partial charge in [-0.3, -0.25) is 0 Å². The smallest absolute Gasteiger partial charge is 0.475 e. The zero-order valence-electron chi connectivity index (χ0n) is 9.78. The Labute approximate surface area is 109 Å². The number of carboxylic acid groups (broad SMARTS) is 1. The van der Waals surface area contributed by atoms with Gasteiger partial charge in [-0.1, -0.05) is 6.07 Å². The molecule has 1 aromatic carbocycles. The average Bonchev–Trinajstić information content (AvgIpc) is 2.28. The number of carbonyl (C=O) groups is 2. The van der Waals surface area contributed by atoms with E-state index in [4.69, 9.17) is 21.4 Å². The predicted octanol–water partition coefficient (Wildman–Crippen LogP) is 1.38. The highest BCUT2D eigenvalue weighted by atomic mass is 19.4. The van der Waals surface area contributed by atoms with Crippen LogP contribution >= 0.6 is 0 Å². The molecule has 0 saturated carbocycles. The SMILES string of the molecule is NCc1ccc(F)cc1OC(N)=O.O=C(O)C(F)(F)F. The number of amides is 1. The van der Waals surface area contributed by atoms with Crippen molar-refractivity contribution < 1.29 is 37.0 Å². The number of hydrogen-bond acceptors (Lipinski definition) is 4. The topological polar surface area (TPSA) is 116 Å². The maximum absolute atomic E-state index is 12.7. The van der Waals surface area contributed by atoms with E-state index in [1.165, 1.54) is 12.1 Å². The molecule has 0 bridgehead atoms. The van der Waals surface area contributed by atoms with Crippen molar-refractivity contribution in [1.29, 1.82) is 0 Å². The van der Waals surface area contributed by atoms with Crippen LogP contribution in [-0.2, 0) is 11.3 Å². The van der Waals surface area contributed by atoms with Gasteiger partial charge in [0.15, 0.2) is 0 Å². The van der Waals surface area contributed by atoms with E-state index >= 15 is 0 Å². The van der Waals surface area contributed by atoms with Gasteiger partial charge in [0.25, 0.3) is 0 Å². The minimum absolute atomic E-state index is 0.0648. The molecule has 0 aliphatic heterocycles. The zero-order chi connectivity index (χ0) is 15.9. The number of benzene rings is 1. The summed E-state index contributed by atoms with van der Waals surface area (Å²) in [6.45, 7) is 0.156. The molecule has 20 heavy (non-hydrogen) atoms. The number of carboxylic acids is 1. The lowest BCUT2D eigenvalue weighted by Gasteiger charge is -2.05. The highest BCUT2D eigenvalue weighted by Gasteiger charge is 2.38. The second kappa shape index (κ2) is 7.28. The summed E-state index contributed by atoms with van der Waals surface area (Å²) >= 11 is 0. The second-order valence-corrected chi connectivity index (χ2v) is 3.18. The van der Waals surface area contributed by atoms with Crippen molar-refractivity contribution >= 4 is 12.1 Å². The largest absolute Gasteiger partial charge is 0.490 e. The van der Waals surface area contributed by atoms with Crippen molar-refractivity contribution in [3.8, 4) is 5.75 Å². The van der Waals surface area contributed by atoms with Crippen LogP contribution in [0.1, 0.15) is 5.56 Å². The Hall–Kier alpha value is -2.36. The summed E-state index contributed by atoms with van der Waals surface area (Å²) in [5.41, 5.74) is 10.6. The van der Waals surface area contributed by atoms with Crippen molar-refractivity contribution in [1.82, 2.24) is 0 Å². The van der Waals surface area contributed by atoms with E-state index in [9.17, 15) is 22.4 Å². The Balaban J connectivity index is 0.000000441. The molecule has 1 amide bonds. The summed E-state index contributed by atoms with van der Waals surface area (Å²) in [7, 11) is 0. The van der Waals surface area contributed by atoms with Gasteiger partial charge in [-0.05, 0) is 6.07 Å². The molecular weight excluding hydrogens is 288 g/mol. The van der Waals surface area contributed by atoms with E-state index in [1.807, 2.05) is 0 Å². The summed E-state index contributed by atoms with van der Waals surface area (Å²) in [4.78, 5) is 19.3. The van der Waals surface area contributed by atoms with Gasteiger partial charge in [0.2, 0.25) is 0 Å². The molecule has 0 saturated heterocycles. The zero-order valence-corrected chi connectivity index (χ0v) is 9.78. The van der Waals surface area contributed by atoms with Gasteiger partial charge in [0, 0.05) is 18.2 Å². The monoisotopic (exact) mass is 298 g/mol. The number of halogens is 4. The van der Waals surface area contributed by atoms with Gasteiger partial charge >= 0.3 is 18.2 Å². The first-order chi connectivity index (χ1) is 9.07. The van der Waals surface area contributed by atoms with Crippen LogP contribution in [0.5, 0.6) is 5.75 Å². The molecule has 5 N–H and O–H groups in total. The molecule has 0 aliphatic carbocycles. The Morgan fingerprint density at radius 2 is 1.80 bits per heavy atom. The van der Waals surface area contributed by atoms with Crippen LogP contribution in [0, 0.1) is 5.82 Å². The van der Waals surface area contributed by atoms with E-state index in [1.54, 1.807) is 0 Å². The maximum Gasteiger partial charge on any atom is 0.490 e. The van der Waals surface area contributed by atoms with Crippen molar-refractivity contribution in [2.45, 2.75) is 12.7 Å². The van der Waals surface area contributed by atoms with Crippen LogP contribution < -0.4 is 16.2 Å². The lowest BCUT2D eigenvalue weighted by Crippen LogP contribution is -2.21. The van der Waals surface area contributed by atoms with E-state index < -0.39 is 24.1 Å². The maximum atomic E-state index is 12.7. The molecule has 112 valence electrons. The van der Waals surface area contributed by atoms with Gasteiger partial charge in [0.1, 0.15) is 11.6 Å². The number of ether oxygens (including phenoxy) is 1. The fraction of sp³-hybridized carbons (Fsp3) is 0.200. The van der Waals surface area contributed by atoms with Crippen LogP contribution in [0.4, 0.5) is 22.4 Å². The van der Waals surface area contributed by atoms with Crippen molar-refractivity contribution in [3.05, 3.63) is 29.6 Å². The van der Waals surface area contributed by atoms with Crippen LogP contribution in [0.3, 0.4) is 0 Å². The van der Waals surface area contributed by atoms with Crippen molar-refractivity contribution in [2.75, 3.05) is 0 Å². The second-order valence-electron chi connectivity index (χ2n) is 3.18. The molecule has 0 atom stereocenters. The van der Waals surface area contributed by atoms with Gasteiger partial charge in [0.05, 0.1) is 0 Å². The summed E-state index contributed by atoms with van der Waals surface area (Å²) < 4.78 is 48.9. The fourth-order valence-electron chi connectivity index (χ4n) is 0.900. The lowest BCUT2D eigenvalue weighted by molar-refractivity contribution is -0.192. The Kier molecular flexibility index (Phi) is 6.42. The Morgan fingerprint density at radius 1 is 1.30 bits per heavy atom. The van der Waals surface area contributed by atoms with Gasteiger partial charge in [-0.15, -0.1) is 0 Å². The molecule has 0 fully saturated rings. The van der Waals surface area contributed by atoms with Crippen LogP contribution in [0.25, 0.3) is 0 Å². The quantitative estimate of drug-likeness (QED) is 0.713. The summed E-state index contributed by atoms with van der Waals surface area (Å²) in [6.07, 6.45) is -6.07. The molecule has 6 nitrogen and oxygen atoms in total. The fourth-order valence-corrected chi connectivity index (χ4v) is 0.900. The highest BCUT2D eigenvalue weighted by molar-refractivity contribution is 5.73. The first kappa shape index (κ1) is 17.6. The van der Waals surface area contributed by atoms with Crippen molar-refractivity contribution in [3.63, 3.8) is 0 Å². The lowest BCUT2D eigenvalue weighted by atomic mass is 10.2. The number of rotatable bonds is 2. The molecule has 0 radical (unpaired) electrons. The molecule has 10 heteroatoms. The number of carbonyl (C=O) groups excluding carboxylic acids is 1. The molecular formula is C10H10F4N2O4. The molecule has 0 spiro atoms. The van der Waals surface area contributed by atoms with Crippen LogP contribution in [0.15, 0.2) is 18.2 Å². The predicted molar refractivity (Wildman–Crippen MR) is 58.2 cm³/mol. The molecule has 0 aliphatic rings. The summed E-state index contributed by atoms with van der Waals surface area (Å²) in [5.74, 6) is -3.20. The van der Waals surface area contributed by atoms with Crippen LogP contribution in [0.2, 0.25) is 0 Å².